The Kier molecular flexibility index (Phi) is 3.46. The molecule has 2 aromatic heterocycles. The predicted octanol–water partition coefficient (Wildman–Crippen LogP) is 3.20. The molecule has 0 aliphatic carbocycles. The number of aromatic nitrogens is 2. The molecule has 18 heavy (non-hydrogen) atoms. The van der Waals surface area contributed by atoms with E-state index in [1.807, 2.05) is 41.0 Å². The number of hydrogen-bond acceptors (Lipinski definition) is 4. The Morgan fingerprint density at radius 1 is 1.50 bits per heavy atom. The van der Waals surface area contributed by atoms with E-state index in [-0.39, 0.29) is 0 Å². The van der Waals surface area contributed by atoms with Crippen LogP contribution in [0.1, 0.15) is 30.6 Å². The second kappa shape index (κ2) is 5.07. The largest absolute Gasteiger partial charge is 0.304 e. The van der Waals surface area contributed by atoms with Crippen molar-refractivity contribution in [3.63, 3.8) is 0 Å². The van der Waals surface area contributed by atoms with E-state index >= 15 is 0 Å². The molecule has 0 saturated heterocycles. The van der Waals surface area contributed by atoms with Gasteiger partial charge in [0.2, 0.25) is 0 Å². The minimum atomic E-state index is 0.484. The maximum atomic E-state index is 4.20. The Balaban J connectivity index is 1.72. The lowest BCUT2D eigenvalue weighted by molar-refractivity contribution is 0.476. The normalized spacial score (nSPS) is 23.0. The highest BCUT2D eigenvalue weighted by atomic mass is 32.2. The zero-order valence-corrected chi connectivity index (χ0v) is 12.2. The van der Waals surface area contributed by atoms with Crippen molar-refractivity contribution in [2.24, 2.45) is 7.05 Å². The molecule has 0 saturated carbocycles. The fourth-order valence-corrected chi connectivity index (χ4v) is 4.91. The highest BCUT2D eigenvalue weighted by molar-refractivity contribution is 8.01. The van der Waals surface area contributed by atoms with Gasteiger partial charge in [-0.05, 0) is 29.5 Å². The van der Waals surface area contributed by atoms with Crippen LogP contribution >= 0.6 is 23.1 Å². The van der Waals surface area contributed by atoms with Gasteiger partial charge in [0.15, 0.2) is 0 Å². The van der Waals surface area contributed by atoms with Crippen LogP contribution in [0.2, 0.25) is 0 Å². The van der Waals surface area contributed by atoms with Crippen LogP contribution in [0.5, 0.6) is 0 Å². The van der Waals surface area contributed by atoms with E-state index in [9.17, 15) is 0 Å². The van der Waals surface area contributed by atoms with Gasteiger partial charge in [-0.1, -0.05) is 6.92 Å². The van der Waals surface area contributed by atoms with Gasteiger partial charge in [-0.15, -0.1) is 23.1 Å². The monoisotopic (exact) mass is 279 g/mol. The van der Waals surface area contributed by atoms with E-state index in [2.05, 4.69) is 34.9 Å². The average Bonchev–Trinajstić information content (AvgIpc) is 2.94. The molecule has 3 nitrogen and oxygen atoms in total. The minimum Gasteiger partial charge on any atom is -0.304 e. The summed E-state index contributed by atoms with van der Waals surface area (Å²) in [6.45, 7) is 3.19. The van der Waals surface area contributed by atoms with Gasteiger partial charge in [-0.2, -0.15) is 5.10 Å². The third-order valence-corrected chi connectivity index (χ3v) is 5.71. The van der Waals surface area contributed by atoms with Crippen molar-refractivity contribution < 1.29 is 0 Å². The van der Waals surface area contributed by atoms with Gasteiger partial charge in [-0.3, -0.25) is 4.68 Å². The molecule has 0 amide bonds. The molecule has 0 spiro atoms. The number of hydrogen-bond donors (Lipinski definition) is 1. The maximum Gasteiger partial charge on any atom is 0.0649 e. The van der Waals surface area contributed by atoms with Crippen molar-refractivity contribution >= 4 is 23.1 Å². The summed E-state index contributed by atoms with van der Waals surface area (Å²) < 4.78 is 3.42. The number of aryl methyl sites for hydroxylation is 1. The molecule has 3 heterocycles. The summed E-state index contributed by atoms with van der Waals surface area (Å²) in [6.07, 6.45) is 3.05. The zero-order valence-electron chi connectivity index (χ0n) is 10.6. The van der Waals surface area contributed by atoms with Gasteiger partial charge in [0.1, 0.15) is 0 Å². The van der Waals surface area contributed by atoms with Crippen molar-refractivity contribution in [3.8, 4) is 0 Å². The van der Waals surface area contributed by atoms with Gasteiger partial charge in [0, 0.05) is 31.1 Å². The summed E-state index contributed by atoms with van der Waals surface area (Å²) in [5.74, 6) is 0. The number of rotatable bonds is 3. The first-order valence-electron chi connectivity index (χ1n) is 6.18. The van der Waals surface area contributed by atoms with Crippen LogP contribution in [0.15, 0.2) is 27.9 Å². The summed E-state index contributed by atoms with van der Waals surface area (Å²) in [7, 11) is 1.99. The fraction of sp³-hybridized carbons (Fsp3) is 0.462. The Labute approximate surface area is 116 Å². The maximum absolute atomic E-state index is 4.20. The molecule has 3 rings (SSSR count). The van der Waals surface area contributed by atoms with E-state index < -0.39 is 0 Å². The first-order valence-corrected chi connectivity index (χ1v) is 7.94. The summed E-state index contributed by atoms with van der Waals surface area (Å²) >= 11 is 3.87. The Morgan fingerprint density at radius 3 is 3.17 bits per heavy atom. The standard InChI is InChI=1S/C13H17N3S2/c1-9-7-12(11-4-6-17-13(11)18-9)14-8-10-3-5-15-16(10)2/h3-6,9,12,14H,7-8H2,1-2H3/t9-,12?/m0/s1. The van der Waals surface area contributed by atoms with Crippen LogP contribution < -0.4 is 5.32 Å². The van der Waals surface area contributed by atoms with Crippen molar-refractivity contribution in [2.45, 2.75) is 35.4 Å². The van der Waals surface area contributed by atoms with Crippen molar-refractivity contribution in [2.75, 3.05) is 0 Å². The molecular formula is C13H17N3S2. The zero-order chi connectivity index (χ0) is 12.5. The first kappa shape index (κ1) is 12.3. The lowest BCUT2D eigenvalue weighted by atomic mass is 10.0. The average molecular weight is 279 g/mol. The molecule has 0 aromatic carbocycles. The molecule has 96 valence electrons. The Morgan fingerprint density at radius 2 is 2.39 bits per heavy atom. The van der Waals surface area contributed by atoms with E-state index in [0.29, 0.717) is 11.3 Å². The molecular weight excluding hydrogens is 262 g/mol. The third-order valence-electron chi connectivity index (χ3n) is 3.36. The number of nitrogens with zero attached hydrogens (tertiary/aromatic N) is 2. The highest BCUT2D eigenvalue weighted by Gasteiger charge is 2.25. The molecule has 0 bridgehead atoms. The van der Waals surface area contributed by atoms with Crippen LogP contribution in [0, 0.1) is 0 Å². The van der Waals surface area contributed by atoms with E-state index in [0.717, 1.165) is 6.54 Å². The van der Waals surface area contributed by atoms with Gasteiger partial charge in [-0.25, -0.2) is 0 Å². The lowest BCUT2D eigenvalue weighted by Gasteiger charge is -2.27. The second-order valence-corrected chi connectivity index (χ2v) is 7.33. The number of fused-ring (bicyclic) bond motifs is 1. The van der Waals surface area contributed by atoms with Crippen LogP contribution in [-0.2, 0) is 13.6 Å². The van der Waals surface area contributed by atoms with E-state index in [1.165, 1.54) is 21.9 Å². The molecule has 5 heteroatoms. The number of nitrogens with one attached hydrogen (secondary N) is 1. The number of thiophene rings is 1. The fourth-order valence-electron chi connectivity index (χ4n) is 2.34. The molecule has 2 aromatic rings. The molecule has 2 atom stereocenters. The lowest BCUT2D eigenvalue weighted by Crippen LogP contribution is -2.26. The number of thioether (sulfide) groups is 1. The van der Waals surface area contributed by atoms with Crippen LogP contribution in [0.3, 0.4) is 0 Å². The topological polar surface area (TPSA) is 29.9 Å². The Hall–Kier alpha value is -0.780. The summed E-state index contributed by atoms with van der Waals surface area (Å²) in [6, 6.07) is 4.82. The molecule has 0 fully saturated rings. The second-order valence-electron chi connectivity index (χ2n) is 4.71. The van der Waals surface area contributed by atoms with E-state index in [4.69, 9.17) is 0 Å². The van der Waals surface area contributed by atoms with Crippen LogP contribution in [0.25, 0.3) is 0 Å². The van der Waals surface area contributed by atoms with Gasteiger partial charge in [0.25, 0.3) is 0 Å². The molecule has 1 aliphatic heterocycles. The predicted molar refractivity (Wildman–Crippen MR) is 77.0 cm³/mol. The van der Waals surface area contributed by atoms with Gasteiger partial charge >= 0.3 is 0 Å². The smallest absolute Gasteiger partial charge is 0.0649 e. The van der Waals surface area contributed by atoms with E-state index in [1.54, 1.807) is 0 Å². The molecule has 1 aliphatic rings. The summed E-state index contributed by atoms with van der Waals surface area (Å²) in [5.41, 5.74) is 2.71. The van der Waals surface area contributed by atoms with Gasteiger partial charge < -0.3 is 5.32 Å². The minimum absolute atomic E-state index is 0.484. The highest BCUT2D eigenvalue weighted by Crippen LogP contribution is 2.43. The molecule has 1 unspecified atom stereocenters. The van der Waals surface area contributed by atoms with Crippen molar-refractivity contribution in [1.29, 1.82) is 0 Å². The SMILES string of the molecule is C[C@H]1CC(NCc2ccnn2C)c2ccsc2S1. The molecule has 1 N–H and O–H groups in total. The summed E-state index contributed by atoms with van der Waals surface area (Å²) in [4.78, 5) is 0. The Bertz CT molecular complexity index is 532. The first-order chi connectivity index (χ1) is 8.74. The summed E-state index contributed by atoms with van der Waals surface area (Å²) in [5, 5.41) is 10.8. The van der Waals surface area contributed by atoms with Crippen LogP contribution in [0.4, 0.5) is 0 Å². The molecule has 0 radical (unpaired) electrons. The van der Waals surface area contributed by atoms with Crippen molar-refractivity contribution in [1.82, 2.24) is 15.1 Å². The van der Waals surface area contributed by atoms with Crippen LogP contribution in [-0.4, -0.2) is 15.0 Å². The third kappa shape index (κ3) is 2.35. The van der Waals surface area contributed by atoms with Gasteiger partial charge in [0.05, 0.1) is 9.90 Å². The quantitative estimate of drug-likeness (QED) is 0.935. The van der Waals surface area contributed by atoms with Crippen molar-refractivity contribution in [3.05, 3.63) is 35.0 Å².